The van der Waals surface area contributed by atoms with Crippen molar-refractivity contribution in [2.75, 3.05) is 0 Å². The summed E-state index contributed by atoms with van der Waals surface area (Å²) in [6.45, 7) is 0. The fourth-order valence-electron chi connectivity index (χ4n) is 7.88. The van der Waals surface area contributed by atoms with Crippen LogP contribution in [0, 0.1) is 0 Å². The Morgan fingerprint density at radius 3 is 1.33 bits per heavy atom. The average Bonchev–Trinajstić information content (AvgIpc) is 3.74. The molecule has 0 bridgehead atoms. The number of benzene rings is 4. The first-order chi connectivity index (χ1) is 20.4. The van der Waals surface area contributed by atoms with Gasteiger partial charge in [-0.1, -0.05) is 68.5 Å². The number of rotatable bonds is 0. The monoisotopic (exact) mass is 613 g/mol. The summed E-state index contributed by atoms with van der Waals surface area (Å²) < 4.78 is 9.32. The van der Waals surface area contributed by atoms with Crippen LogP contribution in [0.4, 0.5) is 11.6 Å². The smallest absolute Gasteiger partial charge is 0.192 e. The number of aromatic nitrogens is 2. The molecule has 1 radical (unpaired) electrons. The molecule has 6 aliphatic heterocycles. The van der Waals surface area contributed by atoms with E-state index in [1.165, 1.54) is 0 Å². The van der Waals surface area contributed by atoms with Gasteiger partial charge in [-0.25, -0.2) is 0 Å². The molecule has 189 valence electrons. The summed E-state index contributed by atoms with van der Waals surface area (Å²) in [5.74, 6) is 4.46. The van der Waals surface area contributed by atoms with Crippen LogP contribution in [0.5, 0.6) is 0 Å². The Morgan fingerprint density at radius 1 is 0.452 bits per heavy atom. The molecule has 4 aromatic carbocycles. The van der Waals surface area contributed by atoms with E-state index in [1.54, 1.807) is 0 Å². The summed E-state index contributed by atoms with van der Waals surface area (Å²) in [6.07, 6.45) is 0. The van der Waals surface area contributed by atoms with Gasteiger partial charge in [0.05, 0.1) is 22.3 Å². The molecule has 2 aromatic heterocycles. The maximum atomic E-state index is 5.42. The Hall–Kier alpha value is -4.66. The van der Waals surface area contributed by atoms with E-state index in [-0.39, 0.29) is 32.7 Å². The van der Waals surface area contributed by atoms with Crippen molar-refractivity contribution in [2.24, 2.45) is 20.0 Å². The average molecular weight is 613 g/mol. The summed E-state index contributed by atoms with van der Waals surface area (Å²) >= 11 is 0. The molecular formula is C33H16N8Y+2. The van der Waals surface area contributed by atoms with Crippen molar-refractivity contribution < 1.29 is 41.9 Å². The molecule has 1 spiro atoms. The zero-order valence-electron chi connectivity index (χ0n) is 21.9. The summed E-state index contributed by atoms with van der Waals surface area (Å²) in [6, 6.07) is 34.0. The minimum absolute atomic E-state index is 0. The minimum atomic E-state index is -0.923. The van der Waals surface area contributed by atoms with Gasteiger partial charge in [0.1, 0.15) is 0 Å². The zero-order valence-corrected chi connectivity index (χ0v) is 24.7. The third-order valence-corrected chi connectivity index (χ3v) is 9.38. The molecule has 12 rings (SSSR count). The fourth-order valence-corrected chi connectivity index (χ4v) is 7.88. The Labute approximate surface area is 262 Å². The number of amidine groups is 4. The Balaban J connectivity index is 0.00000225. The van der Waals surface area contributed by atoms with Crippen LogP contribution in [0.1, 0.15) is 22.3 Å². The zero-order chi connectivity index (χ0) is 26.2. The maximum Gasteiger partial charge on any atom is 0.404 e. The minimum Gasteiger partial charge on any atom is -0.192 e. The number of hydrogen-bond acceptors (Lipinski definition) is 4. The van der Waals surface area contributed by atoms with Crippen molar-refractivity contribution in [1.82, 2.24) is 9.13 Å². The molecule has 0 N–H and O–H groups in total. The van der Waals surface area contributed by atoms with Gasteiger partial charge in [-0.2, -0.15) is 9.13 Å². The van der Waals surface area contributed by atoms with Gasteiger partial charge in [0, 0.05) is 54.3 Å². The Kier molecular flexibility index (Phi) is 3.60. The SMILES string of the molecule is [Y].c1ccc2c(c1)C1=Nc3c4ccccc4c4n3C35n6c(c7ccccc7c6=NC6=[N+]3C(=N4)c3ccccc36)=NC2=[N+]15. The third-order valence-electron chi connectivity index (χ3n) is 9.38. The largest absolute Gasteiger partial charge is 0.404 e. The molecule has 0 atom stereocenters. The van der Waals surface area contributed by atoms with E-state index in [4.69, 9.17) is 20.0 Å². The van der Waals surface area contributed by atoms with Gasteiger partial charge < -0.3 is 0 Å². The van der Waals surface area contributed by atoms with E-state index in [2.05, 4.69) is 115 Å². The molecule has 0 saturated heterocycles. The van der Waals surface area contributed by atoms with Crippen LogP contribution >= 0.6 is 0 Å². The van der Waals surface area contributed by atoms with E-state index in [9.17, 15) is 0 Å². The van der Waals surface area contributed by atoms with Crippen LogP contribution in [0.3, 0.4) is 0 Å². The van der Waals surface area contributed by atoms with E-state index in [0.717, 1.165) is 89.8 Å². The first-order valence-corrected chi connectivity index (χ1v) is 13.8. The molecule has 0 saturated carbocycles. The van der Waals surface area contributed by atoms with Crippen molar-refractivity contribution in [3.05, 3.63) is 130 Å². The van der Waals surface area contributed by atoms with Gasteiger partial charge >= 0.3 is 5.91 Å². The Bertz CT molecular complexity index is 2470. The van der Waals surface area contributed by atoms with Crippen molar-refractivity contribution in [3.8, 4) is 0 Å². The molecular weight excluding hydrogens is 597 g/mol. The van der Waals surface area contributed by atoms with Crippen LogP contribution < -0.4 is 11.0 Å². The molecule has 0 unspecified atom stereocenters. The molecule has 0 fully saturated rings. The standard InChI is InChI=1S/C33H16N8.Y/c1-2-10-18-17(9-1)25-34-27-19-11-3-4-12-20(19)29-36-31-23-15-7-8-16-24(23)32-37-30-22-14-6-5-13-21(22)28-35-26(18)38(25)33(39(27)29,40(28)30)41(31)32;/h1-16H;/q+2;. The van der Waals surface area contributed by atoms with Crippen LogP contribution in [-0.4, -0.2) is 41.6 Å². The summed E-state index contributed by atoms with van der Waals surface area (Å²) in [7, 11) is 0. The predicted molar refractivity (Wildman–Crippen MR) is 154 cm³/mol. The van der Waals surface area contributed by atoms with Crippen molar-refractivity contribution in [3.63, 3.8) is 0 Å². The molecule has 8 nitrogen and oxygen atoms in total. The fraction of sp³-hybridized carbons (Fsp3) is 0.0303. The van der Waals surface area contributed by atoms with Crippen LogP contribution in [-0.2, 0) is 38.6 Å². The van der Waals surface area contributed by atoms with Gasteiger partial charge in [0.15, 0.2) is 0 Å². The van der Waals surface area contributed by atoms with E-state index in [1.807, 2.05) is 0 Å². The normalized spacial score (nSPS) is 18.0. The Morgan fingerprint density at radius 2 is 0.857 bits per heavy atom. The number of hydrogen-bond donors (Lipinski definition) is 0. The van der Waals surface area contributed by atoms with E-state index < -0.39 is 5.91 Å². The van der Waals surface area contributed by atoms with E-state index in [0.29, 0.717) is 0 Å². The quantitative estimate of drug-likeness (QED) is 0.235. The van der Waals surface area contributed by atoms with Gasteiger partial charge in [-0.05, 0) is 48.5 Å². The molecule has 0 amide bonds. The first kappa shape index (κ1) is 22.0. The molecule has 6 aliphatic rings. The van der Waals surface area contributed by atoms with Crippen molar-refractivity contribution in [1.29, 1.82) is 0 Å². The molecule has 6 aromatic rings. The van der Waals surface area contributed by atoms with Crippen LogP contribution in [0.15, 0.2) is 117 Å². The van der Waals surface area contributed by atoms with Gasteiger partial charge in [-0.15, -0.1) is 9.15 Å². The topological polar surface area (TPSA) is 65.3 Å². The summed E-state index contributed by atoms with van der Waals surface area (Å²) in [4.78, 5) is 21.7. The second-order valence-corrected chi connectivity index (χ2v) is 11.2. The first-order valence-electron chi connectivity index (χ1n) is 13.8. The van der Waals surface area contributed by atoms with Crippen LogP contribution in [0.2, 0.25) is 0 Å². The molecule has 0 aliphatic carbocycles. The van der Waals surface area contributed by atoms with Crippen molar-refractivity contribution >= 4 is 56.5 Å². The van der Waals surface area contributed by atoms with Gasteiger partial charge in [-0.3, -0.25) is 0 Å². The van der Waals surface area contributed by atoms with Gasteiger partial charge in [0.25, 0.3) is 23.3 Å². The summed E-state index contributed by atoms with van der Waals surface area (Å²) in [5.41, 5.74) is 6.13. The molecule has 9 heteroatoms. The number of nitrogens with zero attached hydrogens (tertiary/aromatic N) is 8. The molecule has 8 heterocycles. The molecule has 42 heavy (non-hydrogen) atoms. The van der Waals surface area contributed by atoms with E-state index >= 15 is 0 Å². The number of fused-ring (bicyclic) bond motifs is 12. The van der Waals surface area contributed by atoms with Crippen LogP contribution in [0.25, 0.3) is 21.5 Å². The summed E-state index contributed by atoms with van der Waals surface area (Å²) in [5, 5.41) is 4.33. The van der Waals surface area contributed by atoms with Crippen molar-refractivity contribution in [2.45, 2.75) is 5.91 Å². The third kappa shape index (κ3) is 2.03. The second kappa shape index (κ2) is 6.86. The second-order valence-electron chi connectivity index (χ2n) is 11.2. The van der Waals surface area contributed by atoms with Gasteiger partial charge in [0.2, 0.25) is 22.6 Å². The maximum absolute atomic E-state index is 5.42. The predicted octanol–water partition coefficient (Wildman–Crippen LogP) is 3.71. The number of aliphatic imine (C=N–C) groups is 2.